The molecule has 0 amide bonds. The van der Waals surface area contributed by atoms with Crippen molar-refractivity contribution >= 4 is 27.4 Å². The van der Waals surface area contributed by atoms with Gasteiger partial charge in [0.1, 0.15) is 17.4 Å². The van der Waals surface area contributed by atoms with Gasteiger partial charge in [-0.15, -0.1) is 11.3 Å². The third-order valence-corrected chi connectivity index (χ3v) is 6.74. The van der Waals surface area contributed by atoms with Gasteiger partial charge >= 0.3 is 5.97 Å². The van der Waals surface area contributed by atoms with Gasteiger partial charge in [0.15, 0.2) is 5.75 Å². The van der Waals surface area contributed by atoms with Gasteiger partial charge in [-0.05, 0) is 36.8 Å². The average molecular weight is 439 g/mol. The second kappa shape index (κ2) is 7.88. The molecule has 2 N–H and O–H groups in total. The summed E-state index contributed by atoms with van der Waals surface area (Å²) in [6, 6.07) is 24.6. The van der Waals surface area contributed by atoms with Crippen LogP contribution in [0.25, 0.3) is 10.1 Å². The molecule has 0 spiro atoms. The molecule has 5 rings (SSSR count). The molecular weight excluding hydrogens is 420 g/mol. The number of carbonyl (C=O) groups excluding carboxylic acids is 1. The number of thiophene rings is 1. The maximum absolute atomic E-state index is 12.9. The van der Waals surface area contributed by atoms with E-state index < -0.39 is 11.9 Å². The number of para-hydroxylation sites is 1. The molecule has 0 fully saturated rings. The fourth-order valence-corrected chi connectivity index (χ4v) is 5.22. The summed E-state index contributed by atoms with van der Waals surface area (Å²) in [6.45, 7) is 1.86. The summed E-state index contributed by atoms with van der Waals surface area (Å²) >= 11 is 1.54. The molecule has 3 aromatic carbocycles. The van der Waals surface area contributed by atoms with E-state index in [1.807, 2.05) is 55.5 Å². The number of fused-ring (bicyclic) bond motifs is 3. The Balaban J connectivity index is 1.65. The van der Waals surface area contributed by atoms with Gasteiger partial charge in [-0.2, -0.15) is 5.26 Å². The van der Waals surface area contributed by atoms with E-state index in [0.29, 0.717) is 28.2 Å². The van der Waals surface area contributed by atoms with E-state index in [4.69, 9.17) is 15.2 Å². The molecule has 1 aliphatic rings. The Morgan fingerprint density at radius 1 is 1.06 bits per heavy atom. The van der Waals surface area contributed by atoms with Crippen LogP contribution in [0.5, 0.6) is 11.5 Å². The van der Waals surface area contributed by atoms with Gasteiger partial charge in [-0.25, -0.2) is 4.79 Å². The highest BCUT2D eigenvalue weighted by Crippen LogP contribution is 2.51. The Morgan fingerprint density at radius 3 is 2.59 bits per heavy atom. The second-order valence-electron chi connectivity index (χ2n) is 7.46. The summed E-state index contributed by atoms with van der Waals surface area (Å²) in [5.41, 5.74) is 8.48. The van der Waals surface area contributed by atoms with Gasteiger partial charge in [0.05, 0.1) is 16.4 Å². The van der Waals surface area contributed by atoms with Crippen LogP contribution in [0.15, 0.2) is 84.3 Å². The van der Waals surface area contributed by atoms with Crippen LogP contribution in [0.2, 0.25) is 0 Å². The standard InChI is InChI=1S/C26H18N2O3S/c1-15-8-2-3-9-16(15)26(29)30-20-12-6-4-10-17(20)22-19(14-27)25(28)31-23-18-11-5-7-13-21(18)32-24(22)23/h2-13,22H,28H2,1H3/t22-/m1/s1. The van der Waals surface area contributed by atoms with Crippen molar-refractivity contribution in [2.75, 3.05) is 0 Å². The zero-order valence-electron chi connectivity index (χ0n) is 17.2. The summed E-state index contributed by atoms with van der Waals surface area (Å²) in [6.07, 6.45) is 0. The van der Waals surface area contributed by atoms with Gasteiger partial charge in [0.2, 0.25) is 5.88 Å². The van der Waals surface area contributed by atoms with Gasteiger partial charge in [0, 0.05) is 15.6 Å². The Morgan fingerprint density at radius 2 is 1.78 bits per heavy atom. The van der Waals surface area contributed by atoms with Crippen molar-refractivity contribution in [1.82, 2.24) is 0 Å². The summed E-state index contributed by atoms with van der Waals surface area (Å²) in [4.78, 5) is 13.8. The number of nitrogens with two attached hydrogens (primary N) is 1. The van der Waals surface area contributed by atoms with Crippen LogP contribution in [-0.2, 0) is 0 Å². The van der Waals surface area contributed by atoms with Crippen LogP contribution >= 0.6 is 11.3 Å². The molecule has 32 heavy (non-hydrogen) atoms. The van der Waals surface area contributed by atoms with E-state index in [0.717, 1.165) is 20.5 Å². The zero-order chi connectivity index (χ0) is 22.2. The zero-order valence-corrected chi connectivity index (χ0v) is 18.0. The Hall–Kier alpha value is -4.08. The molecular formula is C26H18N2O3S. The van der Waals surface area contributed by atoms with Crippen molar-refractivity contribution in [2.24, 2.45) is 5.73 Å². The first kappa shape index (κ1) is 19.9. The molecule has 1 aliphatic heterocycles. The van der Waals surface area contributed by atoms with Crippen molar-refractivity contribution in [1.29, 1.82) is 5.26 Å². The molecule has 0 unspecified atom stereocenters. The van der Waals surface area contributed by atoms with E-state index in [9.17, 15) is 10.1 Å². The molecule has 1 aromatic heterocycles. The van der Waals surface area contributed by atoms with Gasteiger partial charge in [-0.1, -0.05) is 48.5 Å². The lowest BCUT2D eigenvalue weighted by atomic mass is 9.87. The van der Waals surface area contributed by atoms with Crippen LogP contribution in [0.4, 0.5) is 0 Å². The number of ether oxygens (including phenoxy) is 2. The van der Waals surface area contributed by atoms with Crippen LogP contribution in [-0.4, -0.2) is 5.97 Å². The van der Waals surface area contributed by atoms with E-state index in [2.05, 4.69) is 6.07 Å². The third-order valence-electron chi connectivity index (χ3n) is 5.52. The lowest BCUT2D eigenvalue weighted by Crippen LogP contribution is -2.21. The highest BCUT2D eigenvalue weighted by atomic mass is 32.1. The second-order valence-corrected chi connectivity index (χ2v) is 8.54. The lowest BCUT2D eigenvalue weighted by molar-refractivity contribution is 0.0732. The van der Waals surface area contributed by atoms with Crippen LogP contribution < -0.4 is 15.2 Å². The average Bonchev–Trinajstić information content (AvgIpc) is 3.17. The number of aryl methyl sites for hydroxylation is 1. The molecule has 156 valence electrons. The molecule has 0 saturated heterocycles. The molecule has 4 aromatic rings. The van der Waals surface area contributed by atoms with E-state index >= 15 is 0 Å². The number of nitriles is 1. The Bertz CT molecular complexity index is 1440. The summed E-state index contributed by atoms with van der Waals surface area (Å²) in [7, 11) is 0. The molecule has 0 aliphatic carbocycles. The minimum absolute atomic E-state index is 0.0635. The number of allylic oxidation sites excluding steroid dienone is 1. The molecule has 1 atom stereocenters. The number of hydrogen-bond donors (Lipinski definition) is 1. The SMILES string of the molecule is Cc1ccccc1C(=O)Oc1ccccc1[C@@H]1C(C#N)=C(N)Oc2c1sc1ccccc21. The van der Waals surface area contributed by atoms with Gasteiger partial charge < -0.3 is 15.2 Å². The first-order valence-corrected chi connectivity index (χ1v) is 10.9. The first-order valence-electron chi connectivity index (χ1n) is 10.0. The van der Waals surface area contributed by atoms with Gasteiger partial charge in [0.25, 0.3) is 0 Å². The predicted octanol–water partition coefficient (Wildman–Crippen LogP) is 5.65. The van der Waals surface area contributed by atoms with Gasteiger partial charge in [-0.3, -0.25) is 0 Å². The van der Waals surface area contributed by atoms with Crippen molar-refractivity contribution in [3.8, 4) is 17.6 Å². The number of esters is 1. The maximum Gasteiger partial charge on any atom is 0.343 e. The molecule has 6 heteroatoms. The minimum Gasteiger partial charge on any atom is -0.439 e. The fraction of sp³-hybridized carbons (Fsp3) is 0.0769. The monoisotopic (exact) mass is 438 g/mol. The van der Waals surface area contributed by atoms with E-state index in [-0.39, 0.29) is 5.88 Å². The number of nitrogens with zero attached hydrogens (tertiary/aromatic N) is 1. The van der Waals surface area contributed by atoms with Crippen LogP contribution in [0.3, 0.4) is 0 Å². The number of hydrogen-bond acceptors (Lipinski definition) is 6. The normalized spacial score (nSPS) is 15.1. The van der Waals surface area contributed by atoms with Crippen LogP contribution in [0.1, 0.15) is 32.3 Å². The predicted molar refractivity (Wildman–Crippen MR) is 124 cm³/mol. The third kappa shape index (κ3) is 3.20. The molecule has 5 nitrogen and oxygen atoms in total. The highest BCUT2D eigenvalue weighted by molar-refractivity contribution is 7.19. The molecule has 0 bridgehead atoms. The van der Waals surface area contributed by atoms with Crippen LogP contribution in [0, 0.1) is 18.3 Å². The number of rotatable bonds is 3. The number of carbonyl (C=O) groups is 1. The smallest absolute Gasteiger partial charge is 0.343 e. The maximum atomic E-state index is 12.9. The van der Waals surface area contributed by atoms with E-state index in [1.54, 1.807) is 35.6 Å². The first-order chi connectivity index (χ1) is 15.6. The molecule has 2 heterocycles. The van der Waals surface area contributed by atoms with Crippen molar-refractivity contribution in [3.05, 3.63) is 106 Å². The topological polar surface area (TPSA) is 85.3 Å². The number of benzene rings is 3. The molecule has 0 radical (unpaired) electrons. The van der Waals surface area contributed by atoms with Crippen molar-refractivity contribution in [2.45, 2.75) is 12.8 Å². The molecule has 0 saturated carbocycles. The lowest BCUT2D eigenvalue weighted by Gasteiger charge is -2.25. The van der Waals surface area contributed by atoms with E-state index in [1.165, 1.54) is 0 Å². The minimum atomic E-state index is -0.498. The van der Waals surface area contributed by atoms with Crippen molar-refractivity contribution in [3.63, 3.8) is 0 Å². The largest absolute Gasteiger partial charge is 0.439 e. The summed E-state index contributed by atoms with van der Waals surface area (Å²) < 4.78 is 12.8. The summed E-state index contributed by atoms with van der Waals surface area (Å²) in [5, 5.41) is 10.8. The summed E-state index contributed by atoms with van der Waals surface area (Å²) in [5.74, 6) is 0.147. The quantitative estimate of drug-likeness (QED) is 0.330. The highest BCUT2D eigenvalue weighted by Gasteiger charge is 2.35. The Labute approximate surface area is 188 Å². The Kier molecular flexibility index (Phi) is 4.89. The fourth-order valence-electron chi connectivity index (χ4n) is 3.96. The van der Waals surface area contributed by atoms with Crippen molar-refractivity contribution < 1.29 is 14.3 Å².